The smallest absolute Gasteiger partial charge is 0.170 e. The predicted molar refractivity (Wildman–Crippen MR) is 62.9 cm³/mol. The molecule has 0 radical (unpaired) electrons. The van der Waals surface area contributed by atoms with E-state index in [2.05, 4.69) is 15.9 Å². The summed E-state index contributed by atoms with van der Waals surface area (Å²) in [5, 5.41) is 0. The lowest BCUT2D eigenvalue weighted by Crippen LogP contribution is -2.12. The zero-order valence-corrected chi connectivity index (χ0v) is 10.00. The zero-order valence-electron chi connectivity index (χ0n) is 8.41. The van der Waals surface area contributed by atoms with E-state index in [1.165, 1.54) is 0 Å². The van der Waals surface area contributed by atoms with Gasteiger partial charge in [0.05, 0.1) is 0 Å². The van der Waals surface area contributed by atoms with E-state index in [9.17, 15) is 4.79 Å². The van der Waals surface area contributed by atoms with Gasteiger partial charge in [0.15, 0.2) is 5.78 Å². The molecular weight excluding hydrogens is 258 g/mol. The zero-order chi connectivity index (χ0) is 11.1. The Kier molecular flexibility index (Phi) is 5.36. The van der Waals surface area contributed by atoms with Gasteiger partial charge in [0.1, 0.15) is 12.4 Å². The van der Waals surface area contributed by atoms with Gasteiger partial charge in [-0.3, -0.25) is 4.79 Å². The van der Waals surface area contributed by atoms with Crippen molar-refractivity contribution in [2.75, 3.05) is 13.2 Å². The molecule has 15 heavy (non-hydrogen) atoms. The average molecular weight is 272 g/mol. The monoisotopic (exact) mass is 271 g/mol. The summed E-state index contributed by atoms with van der Waals surface area (Å²) in [6.45, 7) is 0.666. The van der Waals surface area contributed by atoms with Crippen LogP contribution in [0, 0.1) is 0 Å². The van der Waals surface area contributed by atoms with Crippen molar-refractivity contribution in [1.82, 2.24) is 0 Å². The molecule has 82 valence electrons. The number of nitrogens with two attached hydrogens (primary N) is 1. The van der Waals surface area contributed by atoms with Crippen molar-refractivity contribution in [3.05, 3.63) is 28.7 Å². The molecule has 2 N–H and O–H groups in total. The quantitative estimate of drug-likeness (QED) is 0.863. The van der Waals surface area contributed by atoms with Gasteiger partial charge in [0.25, 0.3) is 0 Å². The Morgan fingerprint density at radius 1 is 1.47 bits per heavy atom. The van der Waals surface area contributed by atoms with E-state index in [1.54, 1.807) is 0 Å². The Bertz CT molecular complexity index is 328. The Hall–Kier alpha value is -0.870. The van der Waals surface area contributed by atoms with Gasteiger partial charge in [0, 0.05) is 10.9 Å². The van der Waals surface area contributed by atoms with E-state index in [0.717, 1.165) is 10.9 Å². The van der Waals surface area contributed by atoms with Gasteiger partial charge in [-0.1, -0.05) is 22.0 Å². The maximum Gasteiger partial charge on any atom is 0.170 e. The Balaban J connectivity index is 2.33. The number of benzene rings is 1. The largest absolute Gasteiger partial charge is 0.486 e. The van der Waals surface area contributed by atoms with E-state index in [-0.39, 0.29) is 12.4 Å². The van der Waals surface area contributed by atoms with Crippen LogP contribution in [0.3, 0.4) is 0 Å². The van der Waals surface area contributed by atoms with Crippen molar-refractivity contribution in [3.8, 4) is 5.75 Å². The van der Waals surface area contributed by atoms with Gasteiger partial charge in [-0.05, 0) is 31.2 Å². The van der Waals surface area contributed by atoms with Gasteiger partial charge in [-0.2, -0.15) is 0 Å². The number of halogens is 1. The SMILES string of the molecule is NCCCC(=O)COc1cccc(Br)c1. The molecule has 3 nitrogen and oxygen atoms in total. The first-order valence-electron chi connectivity index (χ1n) is 4.82. The summed E-state index contributed by atoms with van der Waals surface area (Å²) >= 11 is 3.33. The van der Waals surface area contributed by atoms with Crippen molar-refractivity contribution in [2.45, 2.75) is 12.8 Å². The second kappa shape index (κ2) is 6.58. The molecule has 1 aromatic carbocycles. The third-order valence-electron chi connectivity index (χ3n) is 1.86. The molecule has 0 fully saturated rings. The van der Waals surface area contributed by atoms with Crippen LogP contribution in [0.1, 0.15) is 12.8 Å². The van der Waals surface area contributed by atoms with Crippen molar-refractivity contribution < 1.29 is 9.53 Å². The van der Waals surface area contributed by atoms with E-state index < -0.39 is 0 Å². The molecule has 0 unspecified atom stereocenters. The molecule has 0 spiro atoms. The molecule has 0 aliphatic heterocycles. The lowest BCUT2D eigenvalue weighted by Gasteiger charge is -2.05. The number of ether oxygens (including phenoxy) is 1. The highest BCUT2D eigenvalue weighted by Crippen LogP contribution is 2.17. The van der Waals surface area contributed by atoms with Gasteiger partial charge in [0.2, 0.25) is 0 Å². The first-order valence-corrected chi connectivity index (χ1v) is 5.62. The normalized spacial score (nSPS) is 10.0. The minimum Gasteiger partial charge on any atom is -0.486 e. The van der Waals surface area contributed by atoms with E-state index in [1.807, 2.05) is 24.3 Å². The molecule has 0 atom stereocenters. The molecule has 0 bridgehead atoms. The summed E-state index contributed by atoms with van der Waals surface area (Å²) in [5.74, 6) is 0.783. The molecule has 0 amide bonds. The summed E-state index contributed by atoms with van der Waals surface area (Å²) in [7, 11) is 0. The first kappa shape index (κ1) is 12.2. The minimum absolute atomic E-state index is 0.0837. The highest BCUT2D eigenvalue weighted by Gasteiger charge is 2.02. The number of carbonyl (C=O) groups excluding carboxylic acids is 1. The average Bonchev–Trinajstić information content (AvgIpc) is 2.23. The van der Waals surface area contributed by atoms with Crippen LogP contribution >= 0.6 is 15.9 Å². The van der Waals surface area contributed by atoms with Crippen LogP contribution in [0.25, 0.3) is 0 Å². The third-order valence-corrected chi connectivity index (χ3v) is 2.35. The molecule has 0 aromatic heterocycles. The fourth-order valence-electron chi connectivity index (χ4n) is 1.09. The fraction of sp³-hybridized carbons (Fsp3) is 0.364. The van der Waals surface area contributed by atoms with Crippen LogP contribution in [0.4, 0.5) is 0 Å². The number of rotatable bonds is 6. The van der Waals surface area contributed by atoms with Crippen LogP contribution in [0.15, 0.2) is 28.7 Å². The van der Waals surface area contributed by atoms with Crippen molar-refractivity contribution >= 4 is 21.7 Å². The van der Waals surface area contributed by atoms with Crippen LogP contribution in [0.5, 0.6) is 5.75 Å². The van der Waals surface area contributed by atoms with Crippen LogP contribution in [-0.4, -0.2) is 18.9 Å². The number of carbonyl (C=O) groups is 1. The standard InChI is InChI=1S/C11H14BrNO2/c12-9-3-1-5-11(7-9)15-8-10(14)4-2-6-13/h1,3,5,7H,2,4,6,8,13H2. The first-order chi connectivity index (χ1) is 7.22. The Labute approximate surface area is 97.7 Å². The molecule has 0 aliphatic carbocycles. The fourth-order valence-corrected chi connectivity index (χ4v) is 1.47. The topological polar surface area (TPSA) is 52.3 Å². The van der Waals surface area contributed by atoms with Crippen molar-refractivity contribution in [2.24, 2.45) is 5.73 Å². The summed E-state index contributed by atoms with van der Waals surface area (Å²) < 4.78 is 6.26. The van der Waals surface area contributed by atoms with Crippen molar-refractivity contribution in [3.63, 3.8) is 0 Å². The number of ketones is 1. The second-order valence-electron chi connectivity index (χ2n) is 3.18. The molecular formula is C11H14BrNO2. The lowest BCUT2D eigenvalue weighted by atomic mass is 10.2. The van der Waals surface area contributed by atoms with E-state index >= 15 is 0 Å². The summed E-state index contributed by atoms with van der Waals surface area (Å²) in [5.41, 5.74) is 5.30. The summed E-state index contributed by atoms with van der Waals surface area (Å²) in [6.07, 6.45) is 1.21. The van der Waals surface area contributed by atoms with Crippen molar-refractivity contribution in [1.29, 1.82) is 0 Å². The van der Waals surface area contributed by atoms with Crippen LogP contribution in [-0.2, 0) is 4.79 Å². The Morgan fingerprint density at radius 2 is 2.27 bits per heavy atom. The number of hydrogen-bond acceptors (Lipinski definition) is 3. The van der Waals surface area contributed by atoms with Gasteiger partial charge >= 0.3 is 0 Å². The predicted octanol–water partition coefficient (Wildman–Crippen LogP) is 2.14. The van der Waals surface area contributed by atoms with Crippen LogP contribution < -0.4 is 10.5 Å². The number of hydrogen-bond donors (Lipinski definition) is 1. The number of Topliss-reactive ketones (excluding diaryl/α,β-unsaturated/α-hetero) is 1. The second-order valence-corrected chi connectivity index (χ2v) is 4.09. The molecule has 1 rings (SSSR count). The highest BCUT2D eigenvalue weighted by molar-refractivity contribution is 9.10. The molecule has 0 saturated heterocycles. The minimum atomic E-state index is 0.0837. The maximum atomic E-state index is 11.3. The molecule has 0 aliphatic rings. The van der Waals surface area contributed by atoms with E-state index in [0.29, 0.717) is 18.7 Å². The van der Waals surface area contributed by atoms with E-state index in [4.69, 9.17) is 10.5 Å². The highest BCUT2D eigenvalue weighted by atomic mass is 79.9. The van der Waals surface area contributed by atoms with Crippen LogP contribution in [0.2, 0.25) is 0 Å². The van der Waals surface area contributed by atoms with Gasteiger partial charge in [-0.25, -0.2) is 0 Å². The molecule has 4 heteroatoms. The molecule has 0 saturated carbocycles. The summed E-state index contributed by atoms with van der Waals surface area (Å²) in [6, 6.07) is 7.42. The molecule has 0 heterocycles. The maximum absolute atomic E-state index is 11.3. The van der Waals surface area contributed by atoms with Gasteiger partial charge < -0.3 is 10.5 Å². The van der Waals surface area contributed by atoms with Gasteiger partial charge in [-0.15, -0.1) is 0 Å². The third kappa shape index (κ3) is 4.95. The Morgan fingerprint density at radius 3 is 2.93 bits per heavy atom. The summed E-state index contributed by atoms with van der Waals surface area (Å²) in [4.78, 5) is 11.3. The molecule has 1 aromatic rings. The lowest BCUT2D eigenvalue weighted by molar-refractivity contribution is -0.121.